The number of hydrogen-bond acceptors (Lipinski definition) is 2. The predicted octanol–water partition coefficient (Wildman–Crippen LogP) is 7.38. The van der Waals surface area contributed by atoms with Gasteiger partial charge in [-0.1, -0.05) is 65.7 Å². The quantitative estimate of drug-likeness (QED) is 0.286. The van der Waals surface area contributed by atoms with Gasteiger partial charge >= 0.3 is 0 Å². The van der Waals surface area contributed by atoms with Crippen molar-refractivity contribution in [3.63, 3.8) is 0 Å². The molecule has 0 saturated heterocycles. The van der Waals surface area contributed by atoms with E-state index in [1.165, 1.54) is 66.8 Å². The third-order valence-corrected chi connectivity index (χ3v) is 14.3. The lowest BCUT2D eigenvalue weighted by atomic mass is 10.0. The van der Waals surface area contributed by atoms with E-state index in [-0.39, 0.29) is 0 Å². The van der Waals surface area contributed by atoms with Gasteiger partial charge in [-0.15, -0.1) is 22.7 Å². The van der Waals surface area contributed by atoms with Gasteiger partial charge in [0, 0.05) is 19.5 Å². The van der Waals surface area contributed by atoms with Crippen LogP contribution in [0.25, 0.3) is 9.75 Å². The van der Waals surface area contributed by atoms with Crippen LogP contribution < -0.4 is 10.4 Å². The first-order valence-corrected chi connectivity index (χ1v) is 14.8. The Labute approximate surface area is 170 Å². The molecule has 2 aromatic rings. The third kappa shape index (κ3) is 3.77. The summed E-state index contributed by atoms with van der Waals surface area (Å²) in [6.07, 6.45) is 9.71. The zero-order valence-electron chi connectivity index (χ0n) is 17.4. The Morgan fingerprint density at radius 2 is 1.42 bits per heavy atom. The van der Waals surface area contributed by atoms with Crippen molar-refractivity contribution in [1.82, 2.24) is 0 Å². The molecule has 2 aromatic heterocycles. The lowest BCUT2D eigenvalue weighted by molar-refractivity contribution is 0.486. The van der Waals surface area contributed by atoms with Crippen LogP contribution in [0.4, 0.5) is 0 Å². The van der Waals surface area contributed by atoms with E-state index in [1.807, 2.05) is 10.4 Å². The molecule has 0 bridgehead atoms. The fourth-order valence-electron chi connectivity index (χ4n) is 4.93. The van der Waals surface area contributed by atoms with Crippen LogP contribution >= 0.6 is 22.7 Å². The van der Waals surface area contributed by atoms with Gasteiger partial charge in [0.05, 0.1) is 0 Å². The first-order valence-electron chi connectivity index (χ1n) is 10.8. The highest BCUT2D eigenvalue weighted by Crippen LogP contribution is 2.43. The highest BCUT2D eigenvalue weighted by molar-refractivity contribution is 7.29. The van der Waals surface area contributed by atoms with Gasteiger partial charge in [0.15, 0.2) is 0 Å². The van der Waals surface area contributed by atoms with Crippen LogP contribution in [0.5, 0.6) is 0 Å². The van der Waals surface area contributed by atoms with Crippen molar-refractivity contribution >= 4 is 41.1 Å². The van der Waals surface area contributed by atoms with E-state index in [9.17, 15) is 0 Å². The van der Waals surface area contributed by atoms with E-state index in [1.54, 1.807) is 9.75 Å². The minimum Gasteiger partial charge on any atom is -0.140 e. The summed E-state index contributed by atoms with van der Waals surface area (Å²) in [6, 6.07) is 8.19. The molecule has 26 heavy (non-hydrogen) atoms. The van der Waals surface area contributed by atoms with Crippen molar-refractivity contribution in [1.29, 1.82) is 0 Å². The van der Waals surface area contributed by atoms with Gasteiger partial charge in [0.1, 0.15) is 8.07 Å². The fraction of sp³-hybridized carbons (Fsp3) is 0.652. The van der Waals surface area contributed by atoms with E-state index in [0.717, 1.165) is 5.92 Å². The fourth-order valence-corrected chi connectivity index (χ4v) is 14.7. The largest absolute Gasteiger partial charge is 0.140 e. The van der Waals surface area contributed by atoms with Gasteiger partial charge in [-0.3, -0.25) is 0 Å². The molecule has 3 heteroatoms. The highest BCUT2D eigenvalue weighted by Gasteiger charge is 2.48. The second-order valence-electron chi connectivity index (χ2n) is 8.36. The van der Waals surface area contributed by atoms with Crippen LogP contribution in [0, 0.1) is 19.8 Å². The molecule has 0 aromatic carbocycles. The summed E-state index contributed by atoms with van der Waals surface area (Å²) in [5, 5.41) is 3.65. The average molecular weight is 405 g/mol. The smallest absolute Gasteiger partial charge is 0.122 e. The molecule has 0 saturated carbocycles. The Balaban J connectivity index is 2.04. The second-order valence-corrected chi connectivity index (χ2v) is 15.0. The monoisotopic (exact) mass is 404 g/mol. The predicted molar refractivity (Wildman–Crippen MR) is 125 cm³/mol. The topological polar surface area (TPSA) is 0 Å². The number of hydrogen-bond donors (Lipinski definition) is 0. The zero-order valence-corrected chi connectivity index (χ0v) is 20.0. The third-order valence-electron chi connectivity index (χ3n) is 6.34. The van der Waals surface area contributed by atoms with Crippen molar-refractivity contribution in [2.75, 3.05) is 0 Å². The summed E-state index contributed by atoms with van der Waals surface area (Å²) in [4.78, 5) is 6.40. The number of fused-ring (bicyclic) bond motifs is 3. The number of unbranched alkanes of at least 4 members (excludes halogenated alkanes) is 3. The van der Waals surface area contributed by atoms with Gasteiger partial charge in [-0.2, -0.15) is 0 Å². The maximum atomic E-state index is 2.60. The molecule has 0 amide bonds. The normalized spacial score (nSPS) is 15.9. The second kappa shape index (κ2) is 8.75. The van der Waals surface area contributed by atoms with Crippen LogP contribution in [0.3, 0.4) is 0 Å². The molecule has 0 spiro atoms. The maximum absolute atomic E-state index is 2.60. The van der Waals surface area contributed by atoms with Gasteiger partial charge in [0.25, 0.3) is 0 Å². The SMILES string of the molecule is CCCCC[Si]1(CC(CC)CCCC)c2cc(C)sc2-c2sc(C)cc21. The minimum atomic E-state index is -1.58. The van der Waals surface area contributed by atoms with E-state index >= 15 is 0 Å². The summed E-state index contributed by atoms with van der Waals surface area (Å²) >= 11 is 4.14. The summed E-state index contributed by atoms with van der Waals surface area (Å²) < 4.78 is 0. The molecule has 0 radical (unpaired) electrons. The molecule has 144 valence electrons. The summed E-state index contributed by atoms with van der Waals surface area (Å²) in [5.74, 6) is 0.919. The molecule has 0 fully saturated rings. The van der Waals surface area contributed by atoms with E-state index in [2.05, 4.69) is 69.4 Å². The van der Waals surface area contributed by atoms with Crippen molar-refractivity contribution in [3.8, 4) is 9.75 Å². The first-order chi connectivity index (χ1) is 12.6. The molecule has 0 N–H and O–H groups in total. The summed E-state index contributed by atoms with van der Waals surface area (Å²) in [5.41, 5.74) is 0. The number of aryl methyl sites for hydroxylation is 2. The molecule has 3 heterocycles. The lowest BCUT2D eigenvalue weighted by Gasteiger charge is -2.33. The molecule has 3 rings (SSSR count). The molecular weight excluding hydrogens is 368 g/mol. The van der Waals surface area contributed by atoms with E-state index < -0.39 is 8.07 Å². The number of rotatable bonds is 10. The van der Waals surface area contributed by atoms with Crippen LogP contribution in [-0.4, -0.2) is 8.07 Å². The Morgan fingerprint density at radius 1 is 0.846 bits per heavy atom. The van der Waals surface area contributed by atoms with Gasteiger partial charge < -0.3 is 0 Å². The van der Waals surface area contributed by atoms with Gasteiger partial charge in [-0.05, 0) is 54.4 Å². The van der Waals surface area contributed by atoms with Crippen molar-refractivity contribution in [2.24, 2.45) is 5.92 Å². The Kier molecular flexibility index (Phi) is 6.85. The van der Waals surface area contributed by atoms with Gasteiger partial charge in [0.2, 0.25) is 0 Å². The summed E-state index contributed by atoms with van der Waals surface area (Å²) in [6.45, 7) is 11.8. The van der Waals surface area contributed by atoms with E-state index in [0.29, 0.717) is 0 Å². The standard InChI is InChI=1S/C23H36S2Si/c1-6-9-11-13-26(16-19(8-3)12-10-7-2)20-14-17(4)24-22(20)23-21(26)15-18(5)25-23/h14-15,19H,6-13,16H2,1-5H3. The van der Waals surface area contributed by atoms with Crippen molar-refractivity contribution in [3.05, 3.63) is 21.9 Å². The Bertz CT molecular complexity index is 678. The molecule has 1 atom stereocenters. The minimum absolute atomic E-state index is 0.919. The maximum Gasteiger partial charge on any atom is 0.122 e. The molecule has 1 aliphatic heterocycles. The van der Waals surface area contributed by atoms with Crippen LogP contribution in [0.2, 0.25) is 12.1 Å². The van der Waals surface area contributed by atoms with E-state index in [4.69, 9.17) is 0 Å². The molecule has 1 aliphatic rings. The summed E-state index contributed by atoms with van der Waals surface area (Å²) in [7, 11) is -1.58. The van der Waals surface area contributed by atoms with Gasteiger partial charge in [-0.25, -0.2) is 0 Å². The molecule has 1 unspecified atom stereocenters. The molecular formula is C23H36S2Si. The van der Waals surface area contributed by atoms with Crippen LogP contribution in [-0.2, 0) is 0 Å². The highest BCUT2D eigenvalue weighted by atomic mass is 32.1. The first kappa shape index (κ1) is 20.4. The Morgan fingerprint density at radius 3 is 1.92 bits per heavy atom. The number of thiophene rings is 2. The van der Waals surface area contributed by atoms with Crippen LogP contribution in [0.15, 0.2) is 12.1 Å². The average Bonchev–Trinajstić information content (AvgIpc) is 3.25. The zero-order chi connectivity index (χ0) is 18.7. The van der Waals surface area contributed by atoms with Crippen LogP contribution in [0.1, 0.15) is 75.5 Å². The lowest BCUT2D eigenvalue weighted by Crippen LogP contribution is -2.55. The molecule has 0 aliphatic carbocycles. The van der Waals surface area contributed by atoms with Crippen molar-refractivity contribution < 1.29 is 0 Å². The molecule has 0 nitrogen and oxygen atoms in total. The Hall–Kier alpha value is -0.383. The van der Waals surface area contributed by atoms with Crippen molar-refractivity contribution in [2.45, 2.75) is 91.7 Å².